The van der Waals surface area contributed by atoms with Crippen LogP contribution in [-0.2, 0) is 4.79 Å². The van der Waals surface area contributed by atoms with Crippen LogP contribution in [0.4, 0.5) is 0 Å². The van der Waals surface area contributed by atoms with Crippen molar-refractivity contribution in [2.75, 3.05) is 39.8 Å². The molecule has 0 unspecified atom stereocenters. The smallest absolute Gasteiger partial charge is 0.220 e. The molecule has 0 spiro atoms. The zero-order valence-corrected chi connectivity index (χ0v) is 18.3. The molecule has 0 aromatic heterocycles. The molecule has 0 aliphatic carbocycles. The van der Waals surface area contributed by atoms with Crippen molar-refractivity contribution in [3.8, 4) is 0 Å². The van der Waals surface area contributed by atoms with Crippen molar-refractivity contribution in [3.05, 3.63) is 0 Å². The van der Waals surface area contributed by atoms with E-state index in [2.05, 4.69) is 48.5 Å². The van der Waals surface area contributed by atoms with Crippen molar-refractivity contribution < 1.29 is 4.79 Å². The summed E-state index contributed by atoms with van der Waals surface area (Å²) >= 11 is 0. The number of likely N-dealkylation sites (tertiary alicyclic amines) is 1. The van der Waals surface area contributed by atoms with E-state index in [0.717, 1.165) is 51.5 Å². The minimum Gasteiger partial charge on any atom is -0.359 e. The molecule has 0 radical (unpaired) electrons. The van der Waals surface area contributed by atoms with Gasteiger partial charge in [0.25, 0.3) is 0 Å². The van der Waals surface area contributed by atoms with E-state index in [1.165, 1.54) is 0 Å². The summed E-state index contributed by atoms with van der Waals surface area (Å²) in [6, 6.07) is 0. The predicted molar refractivity (Wildman–Crippen MR) is 112 cm³/mol. The Labute approximate surface area is 164 Å². The molecule has 142 valence electrons. The van der Waals surface area contributed by atoms with Gasteiger partial charge in [-0.2, -0.15) is 0 Å². The Bertz CT molecular complexity index is 387. The maximum absolute atomic E-state index is 11.5. The molecular formula is C17H36IN5O. The SMILES string of the molecule is CCNC(=NCCNC(C)(C)C)N1CCC(CC(=O)NC)CC1.I. The third-order valence-electron chi connectivity index (χ3n) is 4.03. The van der Waals surface area contributed by atoms with Gasteiger partial charge in [0.15, 0.2) is 5.96 Å². The highest BCUT2D eigenvalue weighted by molar-refractivity contribution is 14.0. The van der Waals surface area contributed by atoms with Gasteiger partial charge < -0.3 is 20.9 Å². The van der Waals surface area contributed by atoms with Crippen LogP contribution < -0.4 is 16.0 Å². The normalized spacial score (nSPS) is 16.5. The summed E-state index contributed by atoms with van der Waals surface area (Å²) < 4.78 is 0. The second-order valence-corrected chi connectivity index (χ2v) is 7.22. The Morgan fingerprint density at radius 3 is 2.38 bits per heavy atom. The third kappa shape index (κ3) is 9.66. The lowest BCUT2D eigenvalue weighted by atomic mass is 9.93. The minimum atomic E-state index is 0. The first-order chi connectivity index (χ1) is 10.9. The summed E-state index contributed by atoms with van der Waals surface area (Å²) in [6.07, 6.45) is 2.75. The van der Waals surface area contributed by atoms with Crippen molar-refractivity contribution in [3.63, 3.8) is 0 Å². The van der Waals surface area contributed by atoms with E-state index in [1.807, 2.05) is 0 Å². The quantitative estimate of drug-likeness (QED) is 0.248. The van der Waals surface area contributed by atoms with Gasteiger partial charge in [-0.15, -0.1) is 24.0 Å². The van der Waals surface area contributed by atoms with Crippen molar-refractivity contribution in [2.45, 2.75) is 52.5 Å². The second kappa shape index (κ2) is 11.9. The van der Waals surface area contributed by atoms with E-state index in [0.29, 0.717) is 12.3 Å². The van der Waals surface area contributed by atoms with Crippen molar-refractivity contribution in [1.82, 2.24) is 20.9 Å². The molecule has 0 saturated carbocycles. The average Bonchev–Trinajstić information content (AvgIpc) is 2.50. The number of piperidine rings is 1. The molecule has 6 nitrogen and oxygen atoms in total. The summed E-state index contributed by atoms with van der Waals surface area (Å²) in [5, 5.41) is 9.56. The summed E-state index contributed by atoms with van der Waals surface area (Å²) in [7, 11) is 1.71. The molecule has 0 aromatic rings. The largest absolute Gasteiger partial charge is 0.359 e. The van der Waals surface area contributed by atoms with Gasteiger partial charge in [0.2, 0.25) is 5.91 Å². The number of guanidine groups is 1. The molecule has 24 heavy (non-hydrogen) atoms. The summed E-state index contributed by atoms with van der Waals surface area (Å²) in [4.78, 5) is 18.5. The minimum absolute atomic E-state index is 0. The molecule has 1 heterocycles. The molecule has 1 aliphatic heterocycles. The molecule has 0 bridgehead atoms. The monoisotopic (exact) mass is 453 g/mol. The van der Waals surface area contributed by atoms with Gasteiger partial charge in [0.1, 0.15) is 0 Å². The number of nitrogens with one attached hydrogen (secondary N) is 3. The second-order valence-electron chi connectivity index (χ2n) is 7.22. The molecule has 3 N–H and O–H groups in total. The van der Waals surface area contributed by atoms with E-state index in [9.17, 15) is 4.79 Å². The van der Waals surface area contributed by atoms with Crippen LogP contribution in [0.5, 0.6) is 0 Å². The Balaban J connectivity index is 0.00000529. The lowest BCUT2D eigenvalue weighted by molar-refractivity contribution is -0.121. The summed E-state index contributed by atoms with van der Waals surface area (Å²) in [6.45, 7) is 13.1. The highest BCUT2D eigenvalue weighted by Crippen LogP contribution is 2.20. The van der Waals surface area contributed by atoms with E-state index in [-0.39, 0.29) is 35.4 Å². The zero-order valence-electron chi connectivity index (χ0n) is 15.9. The van der Waals surface area contributed by atoms with Crippen LogP contribution in [0.1, 0.15) is 47.0 Å². The third-order valence-corrected chi connectivity index (χ3v) is 4.03. The van der Waals surface area contributed by atoms with Crippen LogP contribution in [0.15, 0.2) is 4.99 Å². The fraction of sp³-hybridized carbons (Fsp3) is 0.882. The van der Waals surface area contributed by atoms with Crippen LogP contribution in [-0.4, -0.2) is 62.1 Å². The number of carbonyl (C=O) groups excluding carboxylic acids is 1. The summed E-state index contributed by atoms with van der Waals surface area (Å²) in [5.74, 6) is 1.65. The molecule has 1 aliphatic rings. The maximum atomic E-state index is 11.5. The van der Waals surface area contributed by atoms with Crippen LogP contribution in [0, 0.1) is 5.92 Å². The van der Waals surface area contributed by atoms with Gasteiger partial charge in [0, 0.05) is 45.2 Å². The molecule has 1 amide bonds. The van der Waals surface area contributed by atoms with Gasteiger partial charge in [-0.3, -0.25) is 9.79 Å². The Kier molecular flexibility index (Phi) is 11.6. The van der Waals surface area contributed by atoms with Crippen molar-refractivity contribution in [1.29, 1.82) is 0 Å². The number of rotatable bonds is 6. The summed E-state index contributed by atoms with van der Waals surface area (Å²) in [5.41, 5.74) is 0.131. The molecule has 1 rings (SSSR count). The molecule has 1 fully saturated rings. The highest BCUT2D eigenvalue weighted by Gasteiger charge is 2.23. The van der Waals surface area contributed by atoms with E-state index >= 15 is 0 Å². The van der Waals surface area contributed by atoms with Crippen molar-refractivity contribution in [2.24, 2.45) is 10.9 Å². The Hall–Kier alpha value is -0.570. The number of hydrogen-bond acceptors (Lipinski definition) is 3. The lowest BCUT2D eigenvalue weighted by Gasteiger charge is -2.34. The van der Waals surface area contributed by atoms with Gasteiger partial charge in [-0.05, 0) is 46.5 Å². The Morgan fingerprint density at radius 2 is 1.88 bits per heavy atom. The average molecular weight is 453 g/mol. The maximum Gasteiger partial charge on any atom is 0.220 e. The number of nitrogens with zero attached hydrogens (tertiary/aromatic N) is 2. The number of amides is 1. The van der Waals surface area contributed by atoms with Crippen LogP contribution in [0.3, 0.4) is 0 Å². The van der Waals surface area contributed by atoms with Crippen molar-refractivity contribution >= 4 is 35.8 Å². The fourth-order valence-electron chi connectivity index (χ4n) is 2.73. The van der Waals surface area contributed by atoms with E-state index in [1.54, 1.807) is 7.05 Å². The van der Waals surface area contributed by atoms with Gasteiger partial charge in [0.05, 0.1) is 6.54 Å². The Morgan fingerprint density at radius 1 is 1.25 bits per heavy atom. The molecule has 0 aromatic carbocycles. The van der Waals surface area contributed by atoms with E-state index in [4.69, 9.17) is 4.99 Å². The topological polar surface area (TPSA) is 68.8 Å². The first kappa shape index (κ1) is 23.4. The number of hydrogen-bond donors (Lipinski definition) is 3. The standard InChI is InChI=1S/C17H35N5O.HI/c1-6-19-16(20-9-10-21-17(2,3)4)22-11-7-14(8-12-22)13-15(23)18-5;/h14,21H,6-13H2,1-5H3,(H,18,23)(H,19,20);1H. The van der Waals surface area contributed by atoms with E-state index < -0.39 is 0 Å². The molecule has 1 saturated heterocycles. The van der Waals surface area contributed by atoms with Crippen LogP contribution in [0.25, 0.3) is 0 Å². The first-order valence-electron chi connectivity index (χ1n) is 8.84. The molecular weight excluding hydrogens is 417 g/mol. The van der Waals surface area contributed by atoms with Gasteiger partial charge >= 0.3 is 0 Å². The van der Waals surface area contributed by atoms with Gasteiger partial charge in [-0.25, -0.2) is 0 Å². The van der Waals surface area contributed by atoms with Gasteiger partial charge in [-0.1, -0.05) is 0 Å². The predicted octanol–water partition coefficient (Wildman–Crippen LogP) is 1.81. The number of aliphatic imine (C=N–C) groups is 1. The number of halogens is 1. The molecule has 7 heteroatoms. The molecule has 0 atom stereocenters. The van der Waals surface area contributed by atoms with Crippen LogP contribution in [0.2, 0.25) is 0 Å². The lowest BCUT2D eigenvalue weighted by Crippen LogP contribution is -2.46. The zero-order chi connectivity index (χ0) is 17.3. The highest BCUT2D eigenvalue weighted by atomic mass is 127. The fourth-order valence-corrected chi connectivity index (χ4v) is 2.73. The van der Waals surface area contributed by atoms with Crippen LogP contribution >= 0.6 is 24.0 Å². The number of carbonyl (C=O) groups is 1. The first-order valence-corrected chi connectivity index (χ1v) is 8.84.